The van der Waals surface area contributed by atoms with E-state index in [4.69, 9.17) is 26.7 Å². The molecule has 1 aromatic heterocycles. The maximum absolute atomic E-state index is 13.6. The molecule has 2 aromatic carbocycles. The van der Waals surface area contributed by atoms with Crippen LogP contribution in [0.15, 0.2) is 36.4 Å². The number of alkyl halides is 1. The third kappa shape index (κ3) is 5.27. The molecule has 1 unspecified atom stereocenters. The number of ether oxygens (including phenoxy) is 1. The molecule has 3 N–H and O–H groups in total. The van der Waals surface area contributed by atoms with Crippen molar-refractivity contribution in [2.45, 2.75) is 45.8 Å². The molecule has 0 aliphatic carbocycles. The van der Waals surface area contributed by atoms with E-state index >= 15 is 0 Å². The van der Waals surface area contributed by atoms with Gasteiger partial charge in [0.2, 0.25) is 0 Å². The van der Waals surface area contributed by atoms with Gasteiger partial charge in [0.1, 0.15) is 22.9 Å². The zero-order chi connectivity index (χ0) is 26.5. The summed E-state index contributed by atoms with van der Waals surface area (Å²) >= 11 is 5.72. The van der Waals surface area contributed by atoms with Gasteiger partial charge in [0, 0.05) is 26.2 Å². The van der Waals surface area contributed by atoms with Crippen molar-refractivity contribution in [3.63, 3.8) is 0 Å². The summed E-state index contributed by atoms with van der Waals surface area (Å²) in [5.74, 6) is 1.33. The standard InChI is InChI=1S/C27H33ClN6O3/c1-4-33-16-17-9-6-10-18(23(17)27(33)36)26(35)31-19(11-8-14-30-22(29)15-28)25-32-24-20(34(25)5-2)12-7-13-21(24)37-3/h6-7,9-10,12-13,19H,4-5,8,11,14-16H2,1-3H3,(H2,29,30)(H,31,35). The molecule has 0 bridgehead atoms. The fourth-order valence-electron chi connectivity index (χ4n) is 4.86. The first-order chi connectivity index (χ1) is 17.9. The molecule has 2 amide bonds. The van der Waals surface area contributed by atoms with E-state index in [1.807, 2.05) is 44.2 Å². The van der Waals surface area contributed by atoms with Crippen LogP contribution in [0.25, 0.3) is 11.0 Å². The lowest BCUT2D eigenvalue weighted by Gasteiger charge is -2.21. The Morgan fingerprint density at radius 3 is 2.70 bits per heavy atom. The molecule has 37 heavy (non-hydrogen) atoms. The van der Waals surface area contributed by atoms with Gasteiger partial charge in [-0.25, -0.2) is 4.98 Å². The van der Waals surface area contributed by atoms with Crippen molar-refractivity contribution in [3.8, 4) is 5.75 Å². The van der Waals surface area contributed by atoms with E-state index in [2.05, 4.69) is 15.2 Å². The molecule has 2 heterocycles. The topological polar surface area (TPSA) is 112 Å². The van der Waals surface area contributed by atoms with Crippen LogP contribution in [0.2, 0.25) is 0 Å². The number of hydrogen-bond donors (Lipinski definition) is 3. The number of fused-ring (bicyclic) bond motifs is 2. The van der Waals surface area contributed by atoms with Crippen molar-refractivity contribution < 1.29 is 14.3 Å². The Hall–Kier alpha value is -3.59. The highest BCUT2D eigenvalue weighted by molar-refractivity contribution is 6.27. The monoisotopic (exact) mass is 524 g/mol. The van der Waals surface area contributed by atoms with E-state index < -0.39 is 6.04 Å². The van der Waals surface area contributed by atoms with Crippen LogP contribution in [0.5, 0.6) is 5.75 Å². The molecule has 1 aliphatic rings. The van der Waals surface area contributed by atoms with Crippen molar-refractivity contribution >= 4 is 40.3 Å². The van der Waals surface area contributed by atoms with Gasteiger partial charge in [-0.15, -0.1) is 11.6 Å². The third-order valence-electron chi connectivity index (χ3n) is 6.71. The highest BCUT2D eigenvalue weighted by Crippen LogP contribution is 2.31. The van der Waals surface area contributed by atoms with Gasteiger partial charge in [-0.2, -0.15) is 0 Å². The van der Waals surface area contributed by atoms with Crippen LogP contribution in [0.4, 0.5) is 0 Å². The van der Waals surface area contributed by atoms with Gasteiger partial charge in [0.15, 0.2) is 0 Å². The van der Waals surface area contributed by atoms with Crippen molar-refractivity contribution in [3.05, 3.63) is 58.9 Å². The second kappa shape index (κ2) is 11.6. The molecule has 1 atom stereocenters. The first-order valence-corrected chi connectivity index (χ1v) is 13.1. The molecule has 0 saturated carbocycles. The Bertz CT molecular complexity index is 1320. The number of nitrogens with one attached hydrogen (secondary N) is 3. The van der Waals surface area contributed by atoms with Gasteiger partial charge in [-0.1, -0.05) is 18.2 Å². The maximum Gasteiger partial charge on any atom is 0.255 e. The molecule has 0 saturated heterocycles. The Morgan fingerprint density at radius 2 is 2.00 bits per heavy atom. The Kier molecular flexibility index (Phi) is 8.33. The van der Waals surface area contributed by atoms with E-state index in [-0.39, 0.29) is 23.5 Å². The number of amides is 2. The van der Waals surface area contributed by atoms with Gasteiger partial charge in [-0.3, -0.25) is 15.0 Å². The van der Waals surface area contributed by atoms with Crippen molar-refractivity contribution in [1.82, 2.24) is 25.1 Å². The molecular weight excluding hydrogens is 492 g/mol. The molecule has 10 heteroatoms. The Morgan fingerprint density at radius 1 is 1.22 bits per heavy atom. The fourth-order valence-corrected chi connectivity index (χ4v) is 4.96. The highest BCUT2D eigenvalue weighted by Gasteiger charge is 2.32. The number of aryl methyl sites for hydroxylation is 1. The van der Waals surface area contributed by atoms with Crippen LogP contribution in [-0.4, -0.2) is 58.2 Å². The molecule has 4 rings (SSSR count). The summed E-state index contributed by atoms with van der Waals surface area (Å²) in [6.07, 6.45) is 1.24. The van der Waals surface area contributed by atoms with Crippen LogP contribution >= 0.6 is 11.6 Å². The lowest BCUT2D eigenvalue weighted by Crippen LogP contribution is -2.33. The lowest BCUT2D eigenvalue weighted by atomic mass is 10.0. The lowest BCUT2D eigenvalue weighted by molar-refractivity contribution is 0.0780. The summed E-state index contributed by atoms with van der Waals surface area (Å²) in [7, 11) is 1.61. The van der Waals surface area contributed by atoms with E-state index in [0.717, 1.165) is 22.4 Å². The van der Waals surface area contributed by atoms with Crippen molar-refractivity contribution in [2.75, 3.05) is 26.1 Å². The molecule has 1 aliphatic heterocycles. The van der Waals surface area contributed by atoms with Crippen LogP contribution in [0.1, 0.15) is 64.8 Å². The predicted octanol–water partition coefficient (Wildman–Crippen LogP) is 4.10. The molecule has 0 spiro atoms. The van der Waals surface area contributed by atoms with Crippen molar-refractivity contribution in [1.29, 1.82) is 5.41 Å². The number of carbonyl (C=O) groups excluding carboxylic acids is 2. The molecular formula is C27H33ClN6O3. The number of aromatic nitrogens is 2. The number of benzene rings is 2. The van der Waals surface area contributed by atoms with Crippen LogP contribution in [-0.2, 0) is 13.1 Å². The Balaban J connectivity index is 1.68. The van der Waals surface area contributed by atoms with Gasteiger partial charge >= 0.3 is 0 Å². The predicted molar refractivity (Wildman–Crippen MR) is 145 cm³/mol. The highest BCUT2D eigenvalue weighted by atomic mass is 35.5. The number of rotatable bonds is 11. The quantitative estimate of drug-likeness (QED) is 0.151. The summed E-state index contributed by atoms with van der Waals surface area (Å²) in [4.78, 5) is 33.3. The van der Waals surface area contributed by atoms with Gasteiger partial charge in [0.05, 0.1) is 35.7 Å². The third-order valence-corrected chi connectivity index (χ3v) is 6.97. The largest absolute Gasteiger partial charge is 0.494 e. The molecule has 0 fully saturated rings. The summed E-state index contributed by atoms with van der Waals surface area (Å²) in [6, 6.07) is 10.8. The normalized spacial score (nSPS) is 13.5. The molecule has 196 valence electrons. The zero-order valence-electron chi connectivity index (χ0n) is 21.4. The minimum atomic E-state index is -0.425. The first kappa shape index (κ1) is 26.5. The number of halogens is 1. The number of nitrogens with zero attached hydrogens (tertiary/aromatic N) is 3. The van der Waals surface area contributed by atoms with Gasteiger partial charge < -0.3 is 24.8 Å². The summed E-state index contributed by atoms with van der Waals surface area (Å²) in [6.45, 7) is 6.27. The molecule has 0 radical (unpaired) electrons. The number of amidine groups is 1. The zero-order valence-corrected chi connectivity index (χ0v) is 22.2. The van der Waals surface area contributed by atoms with Crippen LogP contribution < -0.4 is 15.4 Å². The van der Waals surface area contributed by atoms with Crippen LogP contribution in [0, 0.1) is 5.41 Å². The molecule has 3 aromatic rings. The van der Waals surface area contributed by atoms with E-state index in [9.17, 15) is 9.59 Å². The SMILES string of the molecule is CCN1Cc2cccc(C(=O)NC(CCCNC(=N)CCl)c3nc4c(OC)cccc4n3CC)c2C1=O. The average Bonchev–Trinajstić information content (AvgIpc) is 3.46. The van der Waals surface area contributed by atoms with E-state index in [0.29, 0.717) is 55.9 Å². The minimum Gasteiger partial charge on any atom is -0.494 e. The fraction of sp³-hybridized carbons (Fsp3) is 0.407. The molecule has 9 nitrogen and oxygen atoms in total. The number of carbonyl (C=O) groups is 2. The van der Waals surface area contributed by atoms with Gasteiger partial charge in [-0.05, 0) is 50.5 Å². The number of hydrogen-bond acceptors (Lipinski definition) is 5. The van der Waals surface area contributed by atoms with E-state index in [1.165, 1.54) is 0 Å². The summed E-state index contributed by atoms with van der Waals surface area (Å²) < 4.78 is 7.62. The number of methoxy groups -OCH3 is 1. The maximum atomic E-state index is 13.6. The average molecular weight is 525 g/mol. The van der Waals surface area contributed by atoms with Crippen LogP contribution in [0.3, 0.4) is 0 Å². The minimum absolute atomic E-state index is 0.117. The Labute approximate surface area is 221 Å². The second-order valence-electron chi connectivity index (χ2n) is 8.91. The van der Waals surface area contributed by atoms with Crippen molar-refractivity contribution in [2.24, 2.45) is 0 Å². The summed E-state index contributed by atoms with van der Waals surface area (Å²) in [5.41, 5.74) is 3.38. The second-order valence-corrected chi connectivity index (χ2v) is 9.18. The van der Waals surface area contributed by atoms with E-state index in [1.54, 1.807) is 18.1 Å². The summed E-state index contributed by atoms with van der Waals surface area (Å²) in [5, 5.41) is 13.9. The smallest absolute Gasteiger partial charge is 0.255 e. The first-order valence-electron chi connectivity index (χ1n) is 12.6. The number of imidazole rings is 1. The van der Waals surface area contributed by atoms with Gasteiger partial charge in [0.25, 0.3) is 11.8 Å². The number of para-hydroxylation sites is 1.